The molecule has 0 aliphatic carbocycles. The predicted octanol–water partition coefficient (Wildman–Crippen LogP) is 3.04. The summed E-state index contributed by atoms with van der Waals surface area (Å²) >= 11 is 0. The van der Waals surface area contributed by atoms with Crippen molar-refractivity contribution in [2.24, 2.45) is 0 Å². The van der Waals surface area contributed by atoms with E-state index in [-0.39, 0.29) is 24.9 Å². The predicted molar refractivity (Wildman–Crippen MR) is 106 cm³/mol. The van der Waals surface area contributed by atoms with Crippen LogP contribution in [0.1, 0.15) is 41.7 Å². The van der Waals surface area contributed by atoms with Gasteiger partial charge in [-0.1, -0.05) is 30.3 Å². The lowest BCUT2D eigenvalue weighted by molar-refractivity contribution is -0.137. The lowest BCUT2D eigenvalue weighted by Gasteiger charge is -2.26. The molecule has 0 fully saturated rings. The summed E-state index contributed by atoms with van der Waals surface area (Å²) in [6, 6.07) is 12.3. The quantitative estimate of drug-likeness (QED) is 0.709. The number of hydrogen-bond donors (Lipinski definition) is 2. The van der Waals surface area contributed by atoms with Crippen molar-refractivity contribution in [2.45, 2.75) is 31.4 Å². The second-order valence-corrected chi connectivity index (χ2v) is 6.84. The fourth-order valence-electron chi connectivity index (χ4n) is 3.56. The minimum atomic E-state index is -1.01. The van der Waals surface area contributed by atoms with Gasteiger partial charge in [0, 0.05) is 0 Å². The highest BCUT2D eigenvalue weighted by molar-refractivity contribution is 5.78. The number of carbonyl (C=O) groups is 2. The van der Waals surface area contributed by atoms with Gasteiger partial charge in [-0.3, -0.25) is 9.59 Å². The lowest BCUT2D eigenvalue weighted by atomic mass is 9.95. The SMILES string of the molecule is COc1ccc([C@H](CC(=O)O)NC(=O)C[C@H]2OCCc3ccccc32)cc1OC. The third-order valence-corrected chi connectivity index (χ3v) is 4.99. The highest BCUT2D eigenvalue weighted by atomic mass is 16.5. The number of carboxylic acids is 1. The molecule has 7 nitrogen and oxygen atoms in total. The molecule has 0 bridgehead atoms. The van der Waals surface area contributed by atoms with Gasteiger partial charge in [0.1, 0.15) is 0 Å². The third kappa shape index (κ3) is 5.06. The van der Waals surface area contributed by atoms with E-state index in [1.54, 1.807) is 18.2 Å². The number of methoxy groups -OCH3 is 2. The summed E-state index contributed by atoms with van der Waals surface area (Å²) in [5.41, 5.74) is 2.82. The van der Waals surface area contributed by atoms with Gasteiger partial charge >= 0.3 is 5.97 Å². The van der Waals surface area contributed by atoms with Gasteiger partial charge in [-0.05, 0) is 35.2 Å². The van der Waals surface area contributed by atoms with Gasteiger partial charge in [-0.2, -0.15) is 0 Å². The number of rotatable bonds is 8. The molecule has 0 unspecified atom stereocenters. The van der Waals surface area contributed by atoms with Crippen molar-refractivity contribution >= 4 is 11.9 Å². The van der Waals surface area contributed by atoms with Gasteiger partial charge in [0.2, 0.25) is 5.91 Å². The zero-order valence-electron chi connectivity index (χ0n) is 16.5. The van der Waals surface area contributed by atoms with Crippen LogP contribution in [0.3, 0.4) is 0 Å². The minimum Gasteiger partial charge on any atom is -0.493 e. The van der Waals surface area contributed by atoms with Crippen LogP contribution in [0.4, 0.5) is 0 Å². The Morgan fingerprint density at radius 3 is 2.66 bits per heavy atom. The second-order valence-electron chi connectivity index (χ2n) is 6.84. The molecule has 29 heavy (non-hydrogen) atoms. The zero-order valence-corrected chi connectivity index (χ0v) is 16.5. The summed E-state index contributed by atoms with van der Waals surface area (Å²) in [7, 11) is 3.03. The molecular weight excluding hydrogens is 374 g/mol. The highest BCUT2D eigenvalue weighted by Crippen LogP contribution is 2.32. The average molecular weight is 399 g/mol. The lowest BCUT2D eigenvalue weighted by Crippen LogP contribution is -2.32. The molecule has 7 heteroatoms. The summed E-state index contributed by atoms with van der Waals surface area (Å²) in [4.78, 5) is 24.1. The fourth-order valence-corrected chi connectivity index (χ4v) is 3.56. The zero-order chi connectivity index (χ0) is 20.8. The van der Waals surface area contributed by atoms with Crippen LogP contribution in [0, 0.1) is 0 Å². The molecule has 2 aromatic rings. The summed E-state index contributed by atoms with van der Waals surface area (Å²) in [6.45, 7) is 0.559. The van der Waals surface area contributed by atoms with Crippen LogP contribution in [0.5, 0.6) is 11.5 Å². The molecule has 0 radical (unpaired) electrons. The maximum atomic E-state index is 12.7. The summed E-state index contributed by atoms with van der Waals surface area (Å²) in [5.74, 6) is -0.278. The van der Waals surface area contributed by atoms with Crippen molar-refractivity contribution in [1.29, 1.82) is 0 Å². The molecule has 0 saturated heterocycles. The van der Waals surface area contributed by atoms with Crippen LogP contribution >= 0.6 is 0 Å². The number of aliphatic carboxylic acids is 1. The Morgan fingerprint density at radius 1 is 1.17 bits per heavy atom. The molecule has 154 valence electrons. The number of ether oxygens (including phenoxy) is 3. The highest BCUT2D eigenvalue weighted by Gasteiger charge is 2.26. The van der Waals surface area contributed by atoms with Crippen molar-refractivity contribution in [2.75, 3.05) is 20.8 Å². The molecule has 1 aliphatic rings. The molecule has 0 aromatic heterocycles. The van der Waals surface area contributed by atoms with Crippen molar-refractivity contribution < 1.29 is 28.9 Å². The maximum absolute atomic E-state index is 12.7. The van der Waals surface area contributed by atoms with Crippen molar-refractivity contribution in [3.8, 4) is 11.5 Å². The molecule has 1 amide bonds. The summed E-state index contributed by atoms with van der Waals surface area (Å²) in [5, 5.41) is 12.1. The minimum absolute atomic E-state index is 0.125. The van der Waals surface area contributed by atoms with E-state index in [2.05, 4.69) is 5.32 Å². The number of carbonyl (C=O) groups excluding carboxylic acids is 1. The average Bonchev–Trinajstić information content (AvgIpc) is 2.72. The van der Waals surface area contributed by atoms with E-state index < -0.39 is 12.0 Å². The normalized spacial score (nSPS) is 16.4. The molecule has 0 saturated carbocycles. The fraction of sp³-hybridized carbons (Fsp3) is 0.364. The molecule has 2 aromatic carbocycles. The van der Waals surface area contributed by atoms with Gasteiger partial charge < -0.3 is 24.6 Å². The first kappa shape index (κ1) is 20.7. The van der Waals surface area contributed by atoms with E-state index in [4.69, 9.17) is 14.2 Å². The first-order valence-corrected chi connectivity index (χ1v) is 9.44. The van der Waals surface area contributed by atoms with E-state index in [0.29, 0.717) is 23.7 Å². The monoisotopic (exact) mass is 399 g/mol. The number of hydrogen-bond acceptors (Lipinski definition) is 5. The van der Waals surface area contributed by atoms with Crippen molar-refractivity contribution in [3.05, 3.63) is 59.2 Å². The van der Waals surface area contributed by atoms with E-state index in [9.17, 15) is 14.7 Å². The molecular formula is C22H25NO6. The molecule has 3 rings (SSSR count). The van der Waals surface area contributed by atoms with Crippen LogP contribution in [0.15, 0.2) is 42.5 Å². The van der Waals surface area contributed by atoms with E-state index >= 15 is 0 Å². The Hall–Kier alpha value is -3.06. The number of carboxylic acid groups (broad SMARTS) is 1. The molecule has 2 N–H and O–H groups in total. The Kier molecular flexibility index (Phi) is 6.72. The topological polar surface area (TPSA) is 94.1 Å². The van der Waals surface area contributed by atoms with Gasteiger partial charge in [0.25, 0.3) is 0 Å². The number of nitrogens with one attached hydrogen (secondary N) is 1. The Bertz CT molecular complexity index is 881. The van der Waals surface area contributed by atoms with Crippen LogP contribution in [-0.2, 0) is 20.7 Å². The summed E-state index contributed by atoms with van der Waals surface area (Å²) in [6.07, 6.45) is 0.363. The Balaban J connectivity index is 1.76. The van der Waals surface area contributed by atoms with Gasteiger partial charge in [-0.25, -0.2) is 0 Å². The van der Waals surface area contributed by atoms with E-state index in [1.165, 1.54) is 19.8 Å². The Morgan fingerprint density at radius 2 is 1.93 bits per heavy atom. The first-order chi connectivity index (χ1) is 14.0. The molecule has 1 aliphatic heterocycles. The smallest absolute Gasteiger partial charge is 0.305 e. The van der Waals surface area contributed by atoms with Crippen LogP contribution in [0.2, 0.25) is 0 Å². The van der Waals surface area contributed by atoms with E-state index in [0.717, 1.165) is 12.0 Å². The first-order valence-electron chi connectivity index (χ1n) is 9.44. The third-order valence-electron chi connectivity index (χ3n) is 4.99. The molecule has 2 atom stereocenters. The number of amides is 1. The number of benzene rings is 2. The van der Waals surface area contributed by atoms with Crippen LogP contribution in [0.25, 0.3) is 0 Å². The van der Waals surface area contributed by atoms with Gasteiger partial charge in [0.15, 0.2) is 11.5 Å². The second kappa shape index (κ2) is 9.43. The standard InChI is InChI=1S/C22H25NO6/c1-27-18-8-7-15(11-20(18)28-2)17(12-22(25)26)23-21(24)13-19-16-6-4-3-5-14(16)9-10-29-19/h3-8,11,17,19H,9-10,12-13H2,1-2H3,(H,23,24)(H,25,26)/t17-,19+/m0/s1. The molecule has 1 heterocycles. The summed E-state index contributed by atoms with van der Waals surface area (Å²) < 4.78 is 16.3. The Labute approximate surface area is 169 Å². The van der Waals surface area contributed by atoms with Crippen molar-refractivity contribution in [3.63, 3.8) is 0 Å². The number of fused-ring (bicyclic) bond motifs is 1. The van der Waals surface area contributed by atoms with Crippen molar-refractivity contribution in [1.82, 2.24) is 5.32 Å². The maximum Gasteiger partial charge on any atom is 0.305 e. The van der Waals surface area contributed by atoms with E-state index in [1.807, 2.05) is 24.3 Å². The van der Waals surface area contributed by atoms with Crippen LogP contribution < -0.4 is 14.8 Å². The van der Waals surface area contributed by atoms with Crippen LogP contribution in [-0.4, -0.2) is 37.8 Å². The van der Waals surface area contributed by atoms with Gasteiger partial charge in [-0.15, -0.1) is 0 Å². The molecule has 0 spiro atoms. The largest absolute Gasteiger partial charge is 0.493 e. The van der Waals surface area contributed by atoms with Gasteiger partial charge in [0.05, 0.1) is 45.8 Å².